The van der Waals surface area contributed by atoms with Gasteiger partial charge in [-0.1, -0.05) is 24.3 Å². The molecule has 28 heavy (non-hydrogen) atoms. The number of hydrogen-bond acceptors (Lipinski definition) is 4. The summed E-state index contributed by atoms with van der Waals surface area (Å²) in [7, 11) is 0.966. The number of ether oxygens (including phenoxy) is 1. The van der Waals surface area contributed by atoms with Crippen molar-refractivity contribution in [3.63, 3.8) is 0 Å². The number of hydrogen-bond donors (Lipinski definition) is 3. The van der Waals surface area contributed by atoms with Crippen LogP contribution in [0.5, 0.6) is 0 Å². The van der Waals surface area contributed by atoms with Crippen molar-refractivity contribution in [3.8, 4) is 11.1 Å². The number of rotatable bonds is 7. The zero-order chi connectivity index (χ0) is 20.9. The molecule has 2 atom stereocenters. The average molecular weight is 396 g/mol. The van der Waals surface area contributed by atoms with Crippen LogP contribution in [0, 0.1) is 5.82 Å². The number of methoxy groups -OCH3 is 1. The first-order valence-electron chi connectivity index (χ1n) is 8.17. The molecule has 9 heteroatoms. The van der Waals surface area contributed by atoms with Crippen LogP contribution < -0.4 is 10.8 Å². The summed E-state index contributed by atoms with van der Waals surface area (Å²) >= 11 is 0. The molecule has 0 fully saturated rings. The third-order valence-electron chi connectivity index (χ3n) is 4.42. The van der Waals surface area contributed by atoms with Gasteiger partial charge in [0.1, 0.15) is 11.9 Å². The molecule has 2 amide bonds. The second-order valence-corrected chi connectivity index (χ2v) is 6.16. The molecule has 0 aromatic heterocycles. The SMILES string of the molecule is COC(C)(C(F)F)[C@H](NC(=O)c1ccc(-c2ccc(F)cc2)cc1)C(=O)NO. The first-order valence-corrected chi connectivity index (χ1v) is 8.17. The Balaban J connectivity index is 2.23. The minimum Gasteiger partial charge on any atom is -0.370 e. The number of hydroxylamine groups is 1. The number of nitrogens with one attached hydrogen (secondary N) is 2. The Morgan fingerprint density at radius 1 is 1.04 bits per heavy atom. The molecule has 0 saturated heterocycles. The maximum atomic E-state index is 13.4. The van der Waals surface area contributed by atoms with E-state index in [1.807, 2.05) is 0 Å². The van der Waals surface area contributed by atoms with E-state index in [1.54, 1.807) is 24.3 Å². The summed E-state index contributed by atoms with van der Waals surface area (Å²) in [5, 5.41) is 11.0. The summed E-state index contributed by atoms with van der Waals surface area (Å²) in [5.41, 5.74) is 0.404. The summed E-state index contributed by atoms with van der Waals surface area (Å²) < 4.78 is 44.5. The zero-order valence-electron chi connectivity index (χ0n) is 15.1. The van der Waals surface area contributed by atoms with Crippen molar-refractivity contribution in [1.82, 2.24) is 10.8 Å². The molecule has 2 aromatic carbocycles. The number of carbonyl (C=O) groups is 2. The predicted molar refractivity (Wildman–Crippen MR) is 94.4 cm³/mol. The fraction of sp³-hybridized carbons (Fsp3) is 0.263. The van der Waals surface area contributed by atoms with E-state index < -0.39 is 29.9 Å². The lowest BCUT2D eigenvalue weighted by atomic mass is 9.95. The van der Waals surface area contributed by atoms with E-state index in [0.29, 0.717) is 5.56 Å². The van der Waals surface area contributed by atoms with Crippen molar-refractivity contribution >= 4 is 11.8 Å². The van der Waals surface area contributed by atoms with Gasteiger partial charge in [0.05, 0.1) is 0 Å². The van der Waals surface area contributed by atoms with Crippen LogP contribution in [0.2, 0.25) is 0 Å². The van der Waals surface area contributed by atoms with Crippen LogP contribution in [-0.4, -0.2) is 42.2 Å². The van der Waals surface area contributed by atoms with Crippen LogP contribution in [0.1, 0.15) is 17.3 Å². The molecule has 0 aliphatic rings. The van der Waals surface area contributed by atoms with E-state index in [-0.39, 0.29) is 11.4 Å². The van der Waals surface area contributed by atoms with Gasteiger partial charge >= 0.3 is 0 Å². The third kappa shape index (κ3) is 4.49. The van der Waals surface area contributed by atoms with Gasteiger partial charge < -0.3 is 10.1 Å². The molecule has 0 aliphatic carbocycles. The molecule has 0 spiro atoms. The predicted octanol–water partition coefficient (Wildman–Crippen LogP) is 2.77. The van der Waals surface area contributed by atoms with Crippen LogP contribution in [0.4, 0.5) is 13.2 Å². The highest BCUT2D eigenvalue weighted by molar-refractivity contribution is 5.98. The van der Waals surface area contributed by atoms with Gasteiger partial charge in [-0.15, -0.1) is 0 Å². The van der Waals surface area contributed by atoms with Crippen LogP contribution in [0.25, 0.3) is 11.1 Å². The van der Waals surface area contributed by atoms with Crippen LogP contribution in [0.3, 0.4) is 0 Å². The zero-order valence-corrected chi connectivity index (χ0v) is 15.1. The van der Waals surface area contributed by atoms with Gasteiger partial charge in [0.15, 0.2) is 5.60 Å². The van der Waals surface area contributed by atoms with E-state index in [1.165, 1.54) is 29.7 Å². The quantitative estimate of drug-likeness (QED) is 0.496. The topological polar surface area (TPSA) is 87.7 Å². The number of amides is 2. The molecule has 6 nitrogen and oxygen atoms in total. The maximum Gasteiger partial charge on any atom is 0.269 e. The van der Waals surface area contributed by atoms with Crippen LogP contribution in [-0.2, 0) is 9.53 Å². The molecule has 1 unspecified atom stereocenters. The highest BCUT2D eigenvalue weighted by Gasteiger charge is 2.48. The number of halogens is 3. The van der Waals surface area contributed by atoms with Crippen molar-refractivity contribution in [2.45, 2.75) is 25.0 Å². The first kappa shape index (κ1) is 21.4. The Labute approximate surface area is 159 Å². The van der Waals surface area contributed by atoms with Crippen molar-refractivity contribution in [3.05, 3.63) is 59.9 Å². The maximum absolute atomic E-state index is 13.4. The van der Waals surface area contributed by atoms with Gasteiger partial charge in [-0.2, -0.15) is 0 Å². The Morgan fingerprint density at radius 2 is 1.54 bits per heavy atom. The molecule has 150 valence electrons. The smallest absolute Gasteiger partial charge is 0.269 e. The molecule has 2 aromatic rings. The lowest BCUT2D eigenvalue weighted by molar-refractivity contribution is -0.157. The van der Waals surface area contributed by atoms with Crippen molar-refractivity contribution in [2.75, 3.05) is 7.11 Å². The highest BCUT2D eigenvalue weighted by Crippen LogP contribution is 2.25. The van der Waals surface area contributed by atoms with Gasteiger partial charge in [0.25, 0.3) is 18.2 Å². The number of benzene rings is 2. The second kappa shape index (κ2) is 8.85. The minimum absolute atomic E-state index is 0.0920. The van der Waals surface area contributed by atoms with Crippen molar-refractivity contribution < 1.29 is 32.7 Å². The molecule has 2 rings (SSSR count). The fourth-order valence-corrected chi connectivity index (χ4v) is 2.54. The van der Waals surface area contributed by atoms with Gasteiger partial charge in [0, 0.05) is 12.7 Å². The Morgan fingerprint density at radius 3 is 1.96 bits per heavy atom. The summed E-state index contributed by atoms with van der Waals surface area (Å²) in [4.78, 5) is 24.3. The summed E-state index contributed by atoms with van der Waals surface area (Å²) in [6, 6.07) is 9.90. The Kier molecular flexibility index (Phi) is 6.76. The lowest BCUT2D eigenvalue weighted by Crippen LogP contribution is -2.62. The second-order valence-electron chi connectivity index (χ2n) is 6.16. The third-order valence-corrected chi connectivity index (χ3v) is 4.42. The van der Waals surface area contributed by atoms with Gasteiger partial charge in [-0.25, -0.2) is 18.7 Å². The molecule has 0 aliphatic heterocycles. The molecular formula is C19H19F3N2O4. The summed E-state index contributed by atoms with van der Waals surface area (Å²) in [6.07, 6.45) is -3.12. The molecule has 0 heterocycles. The Hall–Kier alpha value is -2.91. The normalized spacial score (nSPS) is 14.2. The van der Waals surface area contributed by atoms with E-state index in [2.05, 4.69) is 5.32 Å². The minimum atomic E-state index is -3.12. The van der Waals surface area contributed by atoms with Gasteiger partial charge in [-0.05, 0) is 42.3 Å². The molecule has 0 radical (unpaired) electrons. The number of carbonyl (C=O) groups excluding carboxylic acids is 2. The number of alkyl halides is 2. The first-order chi connectivity index (χ1) is 13.2. The van der Waals surface area contributed by atoms with Crippen LogP contribution >= 0.6 is 0 Å². The highest BCUT2D eigenvalue weighted by atomic mass is 19.3. The molecule has 0 bridgehead atoms. The molecule has 0 saturated carbocycles. The van der Waals surface area contributed by atoms with Crippen LogP contribution in [0.15, 0.2) is 48.5 Å². The monoisotopic (exact) mass is 396 g/mol. The van der Waals surface area contributed by atoms with Crippen molar-refractivity contribution in [2.24, 2.45) is 0 Å². The fourth-order valence-electron chi connectivity index (χ4n) is 2.54. The van der Waals surface area contributed by atoms with E-state index in [9.17, 15) is 22.8 Å². The largest absolute Gasteiger partial charge is 0.370 e. The summed E-state index contributed by atoms with van der Waals surface area (Å²) in [6.45, 7) is 0.940. The van der Waals surface area contributed by atoms with E-state index >= 15 is 0 Å². The molecule has 3 N–H and O–H groups in total. The van der Waals surface area contributed by atoms with E-state index in [4.69, 9.17) is 9.94 Å². The average Bonchev–Trinajstić information content (AvgIpc) is 2.71. The molecular weight excluding hydrogens is 377 g/mol. The van der Waals surface area contributed by atoms with Gasteiger partial charge in [0.2, 0.25) is 0 Å². The standard InChI is InChI=1S/C19H19F3N2O4/c1-19(28-2,18(21)22)15(17(26)24-27)23-16(25)13-5-3-11(4-6-13)12-7-9-14(20)10-8-12/h3-10,15,18,27H,1-2H3,(H,23,25)(H,24,26)/t15-,19?/m1/s1. The van der Waals surface area contributed by atoms with Gasteiger partial charge in [-0.3, -0.25) is 14.8 Å². The lowest BCUT2D eigenvalue weighted by Gasteiger charge is -2.34. The van der Waals surface area contributed by atoms with E-state index in [0.717, 1.165) is 19.6 Å². The summed E-state index contributed by atoms with van der Waals surface area (Å²) in [5.74, 6) is -2.45. The van der Waals surface area contributed by atoms with Crippen molar-refractivity contribution in [1.29, 1.82) is 0 Å². The Bertz CT molecular complexity index is 828.